The van der Waals surface area contributed by atoms with Gasteiger partial charge in [0.05, 0.1) is 0 Å². The quantitative estimate of drug-likeness (QED) is 0.117. The van der Waals surface area contributed by atoms with Crippen molar-refractivity contribution in [2.75, 3.05) is 6.61 Å². The molecule has 0 saturated carbocycles. The summed E-state index contributed by atoms with van der Waals surface area (Å²) in [7, 11) is 0. The van der Waals surface area contributed by atoms with Gasteiger partial charge in [0.15, 0.2) is 0 Å². The Hall–Kier alpha value is -2.41. The predicted octanol–water partition coefficient (Wildman–Crippen LogP) is 8.77. The van der Waals surface area contributed by atoms with Crippen molar-refractivity contribution in [3.63, 3.8) is 0 Å². The summed E-state index contributed by atoms with van der Waals surface area (Å²) >= 11 is 4.61. The molecule has 0 heterocycles. The normalized spacial score (nSPS) is 12.6. The first kappa shape index (κ1) is 26.6. The van der Waals surface area contributed by atoms with E-state index in [1.807, 2.05) is 0 Å². The molecule has 4 aromatic rings. The number of benzene rings is 4. The van der Waals surface area contributed by atoms with E-state index in [9.17, 15) is 0 Å². The number of hydrogen-bond acceptors (Lipinski definition) is 1. The number of para-hydroxylation sites is 1. The predicted molar refractivity (Wildman–Crippen MR) is 163 cm³/mol. The summed E-state index contributed by atoms with van der Waals surface area (Å²) in [5.41, 5.74) is 1.31. The number of unbranched alkanes of at least 4 members (excludes halogenated alkanes) is 5. The average Bonchev–Trinajstić information content (AvgIpc) is 2.94. The van der Waals surface area contributed by atoms with Crippen LogP contribution in [0.4, 0.5) is 0 Å². The van der Waals surface area contributed by atoms with Gasteiger partial charge in [-0.2, -0.15) is 0 Å². The van der Waals surface area contributed by atoms with E-state index < -0.39 is 5.31 Å². The van der Waals surface area contributed by atoms with Crippen LogP contribution < -0.4 is 20.7 Å². The van der Waals surface area contributed by atoms with Gasteiger partial charge >= 0.3 is 226 Å². The van der Waals surface area contributed by atoms with E-state index in [4.69, 9.17) is 4.74 Å². The van der Waals surface area contributed by atoms with Crippen molar-refractivity contribution in [1.29, 1.82) is 0 Å². The Morgan fingerprint density at radius 2 is 1.08 bits per heavy atom. The molecule has 1 nitrogen and oxygen atoms in total. The fourth-order valence-corrected chi connectivity index (χ4v) is 13.2. The summed E-state index contributed by atoms with van der Waals surface area (Å²) in [6.45, 7) is 3.01. The van der Waals surface area contributed by atoms with Gasteiger partial charge in [-0.05, 0) is 0 Å². The molecule has 0 saturated heterocycles. The van der Waals surface area contributed by atoms with Crippen LogP contribution in [0.2, 0.25) is 0 Å². The monoisotopic (exact) mass is 560 g/mol. The van der Waals surface area contributed by atoms with E-state index in [0.717, 1.165) is 24.9 Å². The van der Waals surface area contributed by atoms with Crippen molar-refractivity contribution in [3.05, 3.63) is 121 Å². The molecular formula is C33H38BrOP. The molecule has 0 bridgehead atoms. The third-order valence-corrected chi connectivity index (χ3v) is 16.5. The molecule has 4 aromatic carbocycles. The second-order valence-electron chi connectivity index (χ2n) is 9.58. The first-order valence-electron chi connectivity index (χ1n) is 13.3. The van der Waals surface area contributed by atoms with Gasteiger partial charge in [-0.25, -0.2) is 0 Å². The van der Waals surface area contributed by atoms with Crippen LogP contribution in [0.25, 0.3) is 0 Å². The number of hydrogen-bond donors (Lipinski definition) is 0. The molecule has 0 aliphatic rings. The summed E-state index contributed by atoms with van der Waals surface area (Å²) < 4.78 is 6.60. The molecule has 36 heavy (non-hydrogen) atoms. The van der Waals surface area contributed by atoms with Gasteiger partial charge in [-0.15, -0.1) is 0 Å². The van der Waals surface area contributed by atoms with Crippen LogP contribution in [0.15, 0.2) is 115 Å². The second kappa shape index (κ2) is 12.7. The van der Waals surface area contributed by atoms with Crippen LogP contribution in [0, 0.1) is 0 Å². The Morgan fingerprint density at radius 1 is 0.583 bits per heavy atom. The Morgan fingerprint density at radius 3 is 1.69 bits per heavy atom. The molecule has 0 aliphatic carbocycles. The van der Waals surface area contributed by atoms with E-state index >= 15 is 0 Å². The van der Waals surface area contributed by atoms with Crippen LogP contribution in [-0.4, -0.2) is 6.61 Å². The van der Waals surface area contributed by atoms with E-state index in [1.54, 1.807) is 0 Å². The van der Waals surface area contributed by atoms with Crippen molar-refractivity contribution in [1.82, 2.24) is 0 Å². The fourth-order valence-electron chi connectivity index (χ4n) is 5.13. The molecule has 4 rings (SSSR count). The Kier molecular flexibility index (Phi) is 9.41. The minimum absolute atomic E-state index is 0.748. The Labute approximate surface area is 225 Å². The average molecular weight is 562 g/mol. The van der Waals surface area contributed by atoms with Crippen LogP contribution in [0.5, 0.6) is 5.75 Å². The molecule has 0 atom stereocenters. The summed E-state index contributed by atoms with van der Waals surface area (Å²) in [6, 6.07) is 41.5. The third-order valence-electron chi connectivity index (χ3n) is 7.03. The molecule has 0 spiro atoms. The van der Waals surface area contributed by atoms with Gasteiger partial charge < -0.3 is 0 Å². The second-order valence-corrected chi connectivity index (χ2v) is 18.5. The zero-order chi connectivity index (χ0) is 25.1. The zero-order valence-corrected chi connectivity index (χ0v) is 23.8. The molecule has 0 aromatic heterocycles. The molecule has 188 valence electrons. The SMILES string of the molecule is CCCCCCCCOc1ccccc1P(Br)(Cc1ccccc1)(c1ccccc1)c1ccccc1. The summed E-state index contributed by atoms with van der Waals surface area (Å²) in [5.74, 6) is 0.990. The summed E-state index contributed by atoms with van der Waals surface area (Å²) in [6.07, 6.45) is 8.41. The van der Waals surface area contributed by atoms with Gasteiger partial charge in [0, 0.05) is 0 Å². The Bertz CT molecular complexity index is 1150. The summed E-state index contributed by atoms with van der Waals surface area (Å²) in [5, 5.41) is 0.756. The van der Waals surface area contributed by atoms with Crippen LogP contribution in [-0.2, 0) is 6.16 Å². The Balaban J connectivity index is 1.82. The maximum atomic E-state index is 6.60. The van der Waals surface area contributed by atoms with Crippen molar-refractivity contribution in [2.45, 2.75) is 51.6 Å². The van der Waals surface area contributed by atoms with Gasteiger partial charge in [-0.1, -0.05) is 0 Å². The van der Waals surface area contributed by atoms with Crippen LogP contribution in [0.1, 0.15) is 51.0 Å². The molecule has 0 N–H and O–H groups in total. The molecule has 0 fully saturated rings. The van der Waals surface area contributed by atoms with Crippen molar-refractivity contribution >= 4 is 36.7 Å². The van der Waals surface area contributed by atoms with Crippen molar-refractivity contribution in [3.8, 4) is 5.75 Å². The molecule has 0 radical (unpaired) electrons. The first-order chi connectivity index (χ1) is 17.7. The van der Waals surface area contributed by atoms with Crippen LogP contribution >= 0.6 is 20.8 Å². The van der Waals surface area contributed by atoms with Gasteiger partial charge in [0.2, 0.25) is 0 Å². The van der Waals surface area contributed by atoms with Gasteiger partial charge in [-0.3, -0.25) is 0 Å². The summed E-state index contributed by atoms with van der Waals surface area (Å²) in [4.78, 5) is 0. The fraction of sp³-hybridized carbons (Fsp3) is 0.273. The minimum atomic E-state index is -3.13. The van der Waals surface area contributed by atoms with E-state index in [0.29, 0.717) is 0 Å². The zero-order valence-electron chi connectivity index (χ0n) is 21.4. The van der Waals surface area contributed by atoms with Gasteiger partial charge in [0.25, 0.3) is 0 Å². The molecule has 0 aliphatic heterocycles. The third kappa shape index (κ3) is 5.77. The first-order valence-corrected chi connectivity index (χ1v) is 17.7. The molecule has 0 unspecified atom stereocenters. The van der Waals surface area contributed by atoms with E-state index in [2.05, 4.69) is 138 Å². The topological polar surface area (TPSA) is 9.23 Å². The van der Waals surface area contributed by atoms with E-state index in [1.165, 1.54) is 53.6 Å². The van der Waals surface area contributed by atoms with Crippen molar-refractivity contribution < 1.29 is 4.74 Å². The molecule has 3 heteroatoms. The van der Waals surface area contributed by atoms with Gasteiger partial charge in [0.1, 0.15) is 0 Å². The van der Waals surface area contributed by atoms with Crippen molar-refractivity contribution in [2.24, 2.45) is 0 Å². The number of rotatable bonds is 13. The number of halogens is 1. The number of ether oxygens (including phenoxy) is 1. The standard InChI is InChI=1S/C33H38BrOP/c1-2-3-4-5-6-18-27-35-32-25-16-17-26-33(32)36(34,30-21-12-8-13-22-30,31-23-14-9-15-24-31)28-29-19-10-7-11-20-29/h7-17,19-26H,2-6,18,27-28H2,1H3. The van der Waals surface area contributed by atoms with E-state index in [-0.39, 0.29) is 0 Å². The molecular weight excluding hydrogens is 523 g/mol. The maximum absolute atomic E-state index is 6.60. The van der Waals surface area contributed by atoms with Crippen LogP contribution in [0.3, 0.4) is 0 Å². The molecule has 0 amide bonds.